The largest absolute Gasteiger partial charge is 2.00 e. The summed E-state index contributed by atoms with van der Waals surface area (Å²) in [5.41, 5.74) is 0. The Labute approximate surface area is 128 Å². The monoisotopic (exact) mass is 332 g/mol. The van der Waals surface area contributed by atoms with Crippen molar-refractivity contribution in [1.29, 1.82) is 0 Å². The number of hydrogen-bond donors (Lipinski definition) is 0. The van der Waals surface area contributed by atoms with Crippen molar-refractivity contribution < 1.29 is 19.5 Å². The summed E-state index contributed by atoms with van der Waals surface area (Å²) in [6, 6.07) is 0. The summed E-state index contributed by atoms with van der Waals surface area (Å²) >= 11 is 18.2. The molecule has 0 aromatic heterocycles. The topological polar surface area (TPSA) is 6.48 Å². The van der Waals surface area contributed by atoms with Crippen molar-refractivity contribution in [2.45, 2.75) is 0 Å². The van der Waals surface area contributed by atoms with Gasteiger partial charge in [-0.25, -0.2) is 0 Å². The van der Waals surface area contributed by atoms with Crippen LogP contribution in [-0.2, 0) is 44.7 Å². The first-order valence-corrected chi connectivity index (χ1v) is 5.19. The quantitative estimate of drug-likeness (QED) is 0.285. The second kappa shape index (κ2) is 17.0. The number of rotatable bonds is 0. The van der Waals surface area contributed by atoms with Crippen LogP contribution in [0.15, 0.2) is 13.2 Å². The molecule has 84 valence electrons. The van der Waals surface area contributed by atoms with E-state index in [1.807, 2.05) is 28.2 Å². The molecule has 0 aliphatic carbocycles. The predicted molar refractivity (Wildman–Crippen MR) is 78.6 cm³/mol. The summed E-state index contributed by atoms with van der Waals surface area (Å²) in [5.74, 6) is 0. The molecule has 0 radical (unpaired) electrons. The fourth-order valence-corrected chi connectivity index (χ4v) is 0. The van der Waals surface area contributed by atoms with E-state index in [1.165, 1.54) is 0 Å². The molecule has 0 amide bonds. The molecule has 0 aliphatic rings. The van der Waals surface area contributed by atoms with Crippen LogP contribution in [0, 0.1) is 0 Å². The molecule has 0 unspecified atom stereocenters. The summed E-state index contributed by atoms with van der Waals surface area (Å²) < 4.78 is 1.02. The van der Waals surface area contributed by atoms with Gasteiger partial charge in [-0.1, -0.05) is 8.64 Å². The van der Waals surface area contributed by atoms with Crippen LogP contribution in [-0.4, -0.2) is 46.6 Å². The zero-order chi connectivity index (χ0) is 12.3. The summed E-state index contributed by atoms with van der Waals surface area (Å²) in [6.45, 7) is 6.00. The number of thiocarbonyl (C=S) groups is 2. The van der Waals surface area contributed by atoms with Crippen LogP contribution in [0.4, 0.5) is 0 Å². The van der Waals surface area contributed by atoms with Crippen LogP contribution in [0.1, 0.15) is 0 Å². The molecule has 0 spiro atoms. The number of hydrogen-bond acceptors (Lipinski definition) is 4. The molecular formula is C8H16N2S4Zn. The average molecular weight is 334 g/mol. The minimum atomic E-state index is 0. The third-order valence-corrected chi connectivity index (χ3v) is 2.19. The van der Waals surface area contributed by atoms with Crippen LogP contribution in [0.5, 0.6) is 0 Å². The third-order valence-electron chi connectivity index (χ3n) is 0.730. The van der Waals surface area contributed by atoms with Gasteiger partial charge in [0.05, 0.1) is 0 Å². The zero-order valence-corrected chi connectivity index (χ0v) is 15.9. The fraction of sp³-hybridized carbons (Fsp3) is 0.500. The van der Waals surface area contributed by atoms with Gasteiger partial charge in [0.1, 0.15) is 0 Å². The van der Waals surface area contributed by atoms with Crippen molar-refractivity contribution >= 4 is 58.3 Å². The molecule has 0 atom stereocenters. The molecule has 0 rings (SSSR count). The van der Waals surface area contributed by atoms with Gasteiger partial charge in [0.15, 0.2) is 0 Å². The van der Waals surface area contributed by atoms with Gasteiger partial charge in [-0.15, -0.1) is 13.2 Å². The maximum Gasteiger partial charge on any atom is 2.00 e. The molecule has 0 saturated heterocycles. The van der Waals surface area contributed by atoms with E-state index in [9.17, 15) is 0 Å². The summed E-state index contributed by atoms with van der Waals surface area (Å²) in [4.78, 5) is 3.43. The van der Waals surface area contributed by atoms with E-state index in [1.54, 1.807) is 9.80 Å². The van der Waals surface area contributed by atoms with Gasteiger partial charge >= 0.3 is 19.5 Å². The molecular weight excluding hydrogens is 318 g/mol. The Hall–Kier alpha value is 0.583. The summed E-state index contributed by atoms with van der Waals surface area (Å²) in [7, 11) is 7.31. The Kier molecular flexibility index (Phi) is 28.0. The normalized spacial score (nSPS) is 6.40. The van der Waals surface area contributed by atoms with Gasteiger partial charge in [-0.05, 0) is 0 Å². The third kappa shape index (κ3) is 31.3. The van der Waals surface area contributed by atoms with E-state index < -0.39 is 0 Å². The van der Waals surface area contributed by atoms with Crippen molar-refractivity contribution in [3.05, 3.63) is 13.2 Å². The number of nitrogens with zero attached hydrogens (tertiary/aromatic N) is 2. The second-order valence-electron chi connectivity index (χ2n) is 2.32. The molecule has 0 N–H and O–H groups in total. The zero-order valence-electron chi connectivity index (χ0n) is 9.65. The van der Waals surface area contributed by atoms with Gasteiger partial charge in [0.2, 0.25) is 0 Å². The van der Waals surface area contributed by atoms with E-state index in [0.29, 0.717) is 8.64 Å². The van der Waals surface area contributed by atoms with Crippen LogP contribution < -0.4 is 0 Å². The average Bonchev–Trinajstić information content (AvgIpc) is 2.08. The van der Waals surface area contributed by atoms with Gasteiger partial charge in [0.25, 0.3) is 0 Å². The maximum absolute atomic E-state index is 4.56. The Balaban J connectivity index is -0.0000000653. The summed E-state index contributed by atoms with van der Waals surface area (Å²) in [6.07, 6.45) is 0. The second-order valence-corrected chi connectivity index (χ2v) is 4.38. The van der Waals surface area contributed by atoms with Gasteiger partial charge in [-0.3, -0.25) is 0 Å². The fourth-order valence-electron chi connectivity index (χ4n) is 0. The molecule has 0 aliphatic heterocycles. The molecule has 15 heavy (non-hydrogen) atoms. The van der Waals surface area contributed by atoms with Gasteiger partial charge < -0.3 is 59.5 Å². The van der Waals surface area contributed by atoms with E-state index in [-0.39, 0.29) is 19.5 Å². The van der Waals surface area contributed by atoms with Crippen LogP contribution in [0.25, 0.3) is 0 Å². The smallest absolute Gasteiger partial charge is 0.411 e. The van der Waals surface area contributed by atoms with Crippen molar-refractivity contribution in [3.8, 4) is 0 Å². The minimum Gasteiger partial charge on any atom is -0.411 e. The SMILES string of the molecule is C=C.CN(C)C(=S)[S-].CN(C)C(=S)[S-].[Zn+2]. The van der Waals surface area contributed by atoms with Gasteiger partial charge in [-0.2, -0.15) is 0 Å². The first-order chi connectivity index (χ1) is 6.29. The Morgan fingerprint density at radius 3 is 0.933 bits per heavy atom. The Morgan fingerprint density at radius 1 is 0.867 bits per heavy atom. The van der Waals surface area contributed by atoms with Crippen molar-refractivity contribution in [3.63, 3.8) is 0 Å². The molecule has 0 heterocycles. The van der Waals surface area contributed by atoms with Crippen molar-refractivity contribution in [2.24, 2.45) is 0 Å². The molecule has 2 nitrogen and oxygen atoms in total. The Morgan fingerprint density at radius 2 is 0.933 bits per heavy atom. The standard InChI is InChI=1S/2C3H7NS2.C2H4.Zn/c2*1-4(2)3(5)6;1-2;/h2*1-2H3,(H,5,6);1-2H2;/q;;;+2/p-2. The van der Waals surface area contributed by atoms with E-state index in [2.05, 4.69) is 62.9 Å². The van der Waals surface area contributed by atoms with E-state index >= 15 is 0 Å². The molecule has 0 aromatic rings. The molecule has 0 aromatic carbocycles. The maximum atomic E-state index is 4.56. The minimum absolute atomic E-state index is 0. The van der Waals surface area contributed by atoms with E-state index in [0.717, 1.165) is 0 Å². The van der Waals surface area contributed by atoms with Gasteiger partial charge in [0, 0.05) is 28.2 Å². The molecule has 7 heteroatoms. The Bertz CT molecular complexity index is 156. The first kappa shape index (κ1) is 24.7. The van der Waals surface area contributed by atoms with E-state index in [4.69, 9.17) is 0 Å². The van der Waals surface area contributed by atoms with Crippen LogP contribution in [0.2, 0.25) is 0 Å². The summed E-state index contributed by atoms with van der Waals surface area (Å²) in [5, 5.41) is 0. The van der Waals surface area contributed by atoms with Crippen molar-refractivity contribution in [1.82, 2.24) is 9.80 Å². The first-order valence-electron chi connectivity index (χ1n) is 3.55. The molecule has 0 saturated carbocycles. The van der Waals surface area contributed by atoms with Crippen molar-refractivity contribution in [2.75, 3.05) is 28.2 Å². The predicted octanol–water partition coefficient (Wildman–Crippen LogP) is 1.56. The van der Waals surface area contributed by atoms with Crippen LogP contribution in [0.3, 0.4) is 0 Å². The molecule has 0 fully saturated rings. The van der Waals surface area contributed by atoms with Crippen LogP contribution >= 0.6 is 24.4 Å². The molecule has 0 bridgehead atoms.